The molecule has 5 unspecified atom stereocenters. The van der Waals surface area contributed by atoms with Gasteiger partial charge in [0.2, 0.25) is 11.7 Å². The maximum absolute atomic E-state index is 15.1. The van der Waals surface area contributed by atoms with Crippen molar-refractivity contribution in [2.45, 2.75) is 102 Å². The van der Waals surface area contributed by atoms with Crippen molar-refractivity contribution in [3.8, 4) is 0 Å². The molecule has 0 saturated heterocycles. The molecule has 1 amide bonds. The maximum Gasteiger partial charge on any atom is 0.370 e. The molecule has 0 aromatic heterocycles. The summed E-state index contributed by atoms with van der Waals surface area (Å²) in [7, 11) is 0. The van der Waals surface area contributed by atoms with Crippen molar-refractivity contribution in [1.82, 2.24) is 5.32 Å². The van der Waals surface area contributed by atoms with Crippen LogP contribution in [0, 0.1) is 11.3 Å². The number of aliphatic carboxylic acids is 1. The fourth-order valence-electron chi connectivity index (χ4n) is 3.85. The van der Waals surface area contributed by atoms with Crippen molar-refractivity contribution >= 4 is 24.1 Å². The smallest absolute Gasteiger partial charge is 0.370 e. The van der Waals surface area contributed by atoms with Crippen LogP contribution in [0.5, 0.6) is 0 Å². The molecule has 0 fully saturated rings. The molecule has 0 spiro atoms. The van der Waals surface area contributed by atoms with Crippen molar-refractivity contribution in [1.29, 1.82) is 5.41 Å². The van der Waals surface area contributed by atoms with Gasteiger partial charge in [-0.15, -0.1) is 0 Å². The fourth-order valence-corrected chi connectivity index (χ4v) is 3.85. The number of aliphatic hydroxyl groups is 1. The van der Waals surface area contributed by atoms with Gasteiger partial charge in [0.15, 0.2) is 12.3 Å². The van der Waals surface area contributed by atoms with E-state index in [4.69, 9.17) is 14.9 Å². The zero-order valence-electron chi connectivity index (χ0n) is 20.1. The highest BCUT2D eigenvalue weighted by Crippen LogP contribution is 2.27. The quantitative estimate of drug-likeness (QED) is 0.140. The Morgan fingerprint density at radius 1 is 1.18 bits per heavy atom. The molecule has 4 N–H and O–H groups in total. The van der Waals surface area contributed by atoms with Crippen LogP contribution in [0.1, 0.15) is 78.1 Å². The normalized spacial score (nSPS) is 21.5. The number of esters is 1. The van der Waals surface area contributed by atoms with Crippen molar-refractivity contribution in [3.63, 3.8) is 0 Å². The Morgan fingerprint density at radius 3 is 2.29 bits per heavy atom. The summed E-state index contributed by atoms with van der Waals surface area (Å²) in [5.41, 5.74) is 0. The second-order valence-corrected chi connectivity index (χ2v) is 8.66. The van der Waals surface area contributed by atoms with E-state index in [0.29, 0.717) is 6.42 Å². The van der Waals surface area contributed by atoms with E-state index in [2.05, 4.69) is 12.2 Å². The number of aliphatic hydroxyl groups excluding tert-OH is 1. The zero-order chi connectivity index (χ0) is 25.5. The van der Waals surface area contributed by atoms with E-state index >= 15 is 4.39 Å². The largest absolute Gasteiger partial charge is 0.478 e. The number of carboxylic acid groups (broad SMARTS) is 1. The summed E-state index contributed by atoms with van der Waals surface area (Å²) in [5.74, 6) is -4.09. The van der Waals surface area contributed by atoms with E-state index in [1.165, 1.54) is 39.0 Å². The number of alkyl halides is 1. The molecule has 0 aliphatic carbocycles. The second kappa shape index (κ2) is 16.2. The minimum Gasteiger partial charge on any atom is -0.478 e. The van der Waals surface area contributed by atoms with Crippen LogP contribution in [0.3, 0.4) is 0 Å². The number of carbonyl (C=O) groups excluding carboxylic acids is 2. The Labute approximate surface area is 200 Å². The lowest BCUT2D eigenvalue weighted by Crippen LogP contribution is -2.57. The first-order chi connectivity index (χ1) is 16.2. The molecule has 1 aliphatic rings. The summed E-state index contributed by atoms with van der Waals surface area (Å²) in [6, 6.07) is -1.11. The number of hydrogen-bond donors (Lipinski definition) is 4. The Kier molecular flexibility index (Phi) is 14.1. The molecule has 10 heteroatoms. The fraction of sp³-hybridized carbons (Fsp3) is 0.750. The predicted octanol–water partition coefficient (Wildman–Crippen LogP) is 3.29. The number of amides is 1. The molecule has 0 bridgehead atoms. The number of rotatable bonds is 17. The van der Waals surface area contributed by atoms with Crippen molar-refractivity contribution in [2.24, 2.45) is 5.92 Å². The molecule has 9 nitrogen and oxygen atoms in total. The molecule has 1 heterocycles. The highest BCUT2D eigenvalue weighted by molar-refractivity contribution is 5.86. The average molecular weight is 487 g/mol. The standard InChI is InChI=1S/C24H39FN2O7/c1-3-4-5-6-7-8-9-10-11-12-20(30)33-15-18(29)21(25)23-22(27-16(2)28)17(14-26)13-19(34-23)24(31)32/h13-14,17-18,21-23,26,29H,3-12,15H2,1-2H3,(H,27,28)(H,31,32). The summed E-state index contributed by atoms with van der Waals surface area (Å²) < 4.78 is 25.2. The van der Waals surface area contributed by atoms with Gasteiger partial charge in [-0.3, -0.25) is 9.59 Å². The van der Waals surface area contributed by atoms with Crippen molar-refractivity contribution < 1.29 is 38.5 Å². The maximum atomic E-state index is 15.1. The van der Waals surface area contributed by atoms with Crippen LogP contribution in [0.4, 0.5) is 4.39 Å². The summed E-state index contributed by atoms with van der Waals surface area (Å²) in [5, 5.41) is 29.4. The SMILES string of the molecule is CCCCCCCCCCCC(=O)OCC(O)C(F)C1OC(C(=O)O)=CC(C=N)C1NC(C)=O. The molecule has 34 heavy (non-hydrogen) atoms. The summed E-state index contributed by atoms with van der Waals surface area (Å²) in [6.07, 6.45) is 6.41. The first kappa shape index (κ1) is 29.5. The number of hydrogen-bond acceptors (Lipinski definition) is 7. The highest BCUT2D eigenvalue weighted by Gasteiger charge is 2.44. The summed E-state index contributed by atoms with van der Waals surface area (Å²) in [6.45, 7) is 2.73. The van der Waals surface area contributed by atoms with Crippen LogP contribution in [0.2, 0.25) is 0 Å². The number of ether oxygens (including phenoxy) is 2. The Bertz CT molecular complexity index is 701. The van der Waals surface area contributed by atoms with Gasteiger partial charge < -0.3 is 30.4 Å². The minimum absolute atomic E-state index is 0.162. The van der Waals surface area contributed by atoms with Crippen LogP contribution >= 0.6 is 0 Å². The minimum atomic E-state index is -2.18. The average Bonchev–Trinajstić information content (AvgIpc) is 2.80. The summed E-state index contributed by atoms with van der Waals surface area (Å²) in [4.78, 5) is 34.8. The molecule has 0 aromatic carbocycles. The third kappa shape index (κ3) is 10.6. The van der Waals surface area contributed by atoms with Gasteiger partial charge in [-0.05, 0) is 12.5 Å². The second-order valence-electron chi connectivity index (χ2n) is 8.66. The lowest BCUT2D eigenvalue weighted by molar-refractivity contribution is -0.151. The van der Waals surface area contributed by atoms with Crippen LogP contribution in [0.15, 0.2) is 11.8 Å². The molecule has 0 saturated carbocycles. The van der Waals surface area contributed by atoms with E-state index in [0.717, 1.165) is 31.6 Å². The highest BCUT2D eigenvalue weighted by atomic mass is 19.1. The number of halogens is 1. The molecule has 0 radical (unpaired) electrons. The Balaban J connectivity index is 2.49. The first-order valence-electron chi connectivity index (χ1n) is 12.1. The molecule has 194 valence electrons. The molecular weight excluding hydrogens is 447 g/mol. The van der Waals surface area contributed by atoms with Crippen molar-refractivity contribution in [2.75, 3.05) is 6.61 Å². The Morgan fingerprint density at radius 2 is 1.76 bits per heavy atom. The third-order valence-electron chi connectivity index (χ3n) is 5.73. The molecule has 1 aliphatic heterocycles. The molecule has 1 rings (SSSR count). The van der Waals surface area contributed by atoms with Crippen molar-refractivity contribution in [3.05, 3.63) is 11.8 Å². The van der Waals surface area contributed by atoms with E-state index in [1.807, 2.05) is 0 Å². The van der Waals surface area contributed by atoms with E-state index in [1.54, 1.807) is 0 Å². The van der Waals surface area contributed by atoms with Gasteiger partial charge in [-0.2, -0.15) is 0 Å². The summed E-state index contributed by atoms with van der Waals surface area (Å²) >= 11 is 0. The first-order valence-corrected chi connectivity index (χ1v) is 12.1. The van der Waals surface area contributed by atoms with Gasteiger partial charge in [0.05, 0.1) is 6.04 Å². The lowest BCUT2D eigenvalue weighted by Gasteiger charge is -2.37. The third-order valence-corrected chi connectivity index (χ3v) is 5.73. The van der Waals surface area contributed by atoms with Crippen LogP contribution in [-0.4, -0.2) is 65.3 Å². The predicted molar refractivity (Wildman–Crippen MR) is 124 cm³/mol. The van der Waals surface area contributed by atoms with Gasteiger partial charge in [0, 0.05) is 25.5 Å². The van der Waals surface area contributed by atoms with Crippen LogP contribution in [-0.2, 0) is 23.9 Å². The lowest BCUT2D eigenvalue weighted by atomic mass is 9.88. The molecule has 5 atom stereocenters. The van der Waals surface area contributed by atoms with E-state index < -0.39 is 60.6 Å². The zero-order valence-corrected chi connectivity index (χ0v) is 20.1. The van der Waals surface area contributed by atoms with Gasteiger partial charge in [-0.1, -0.05) is 58.3 Å². The van der Waals surface area contributed by atoms with E-state index in [-0.39, 0.29) is 6.42 Å². The monoisotopic (exact) mass is 486 g/mol. The number of carbonyl (C=O) groups is 3. The topological polar surface area (TPSA) is 146 Å². The van der Waals surface area contributed by atoms with Crippen LogP contribution < -0.4 is 5.32 Å². The van der Waals surface area contributed by atoms with E-state index in [9.17, 15) is 24.6 Å². The van der Waals surface area contributed by atoms with Gasteiger partial charge in [0.25, 0.3) is 0 Å². The van der Waals surface area contributed by atoms with Gasteiger partial charge in [-0.25, -0.2) is 9.18 Å². The van der Waals surface area contributed by atoms with Gasteiger partial charge >= 0.3 is 11.9 Å². The number of nitrogens with one attached hydrogen (secondary N) is 2. The number of unbranched alkanes of at least 4 members (excludes halogenated alkanes) is 8. The molecular formula is C24H39FN2O7. The Hall–Kier alpha value is -2.49. The molecule has 0 aromatic rings. The van der Waals surface area contributed by atoms with Crippen LogP contribution in [0.25, 0.3) is 0 Å². The number of carboxylic acids is 1. The van der Waals surface area contributed by atoms with Gasteiger partial charge in [0.1, 0.15) is 12.7 Å².